The maximum absolute atomic E-state index is 13.9. The Morgan fingerprint density at radius 2 is 1.67 bits per heavy atom. The molecule has 27 heavy (non-hydrogen) atoms. The van der Waals surface area contributed by atoms with E-state index in [-0.39, 0.29) is 17.8 Å². The molecule has 4 rings (SSSR count). The Bertz CT molecular complexity index is 836. The quantitative estimate of drug-likeness (QED) is 0.733. The molecule has 2 aliphatic rings. The highest BCUT2D eigenvalue weighted by Crippen LogP contribution is 2.43. The molecule has 2 aromatic carbocycles. The molecule has 1 heterocycles. The van der Waals surface area contributed by atoms with Crippen molar-refractivity contribution in [3.8, 4) is 0 Å². The lowest BCUT2D eigenvalue weighted by atomic mass is 9.94. The minimum Gasteiger partial charge on any atom is -0.368 e. The van der Waals surface area contributed by atoms with Crippen molar-refractivity contribution in [2.45, 2.75) is 43.9 Å². The molecule has 2 atom stereocenters. The molecule has 2 fully saturated rings. The first-order valence-corrected chi connectivity index (χ1v) is 9.18. The van der Waals surface area contributed by atoms with Crippen LogP contribution >= 0.6 is 0 Å². The number of ether oxygens (including phenoxy) is 1. The second-order valence-corrected chi connectivity index (χ2v) is 7.12. The first-order valence-electron chi connectivity index (χ1n) is 9.18. The van der Waals surface area contributed by atoms with Gasteiger partial charge in [-0.25, -0.2) is 13.2 Å². The SMILES string of the molecule is O=C1CCCN1[C@@H](c1ccc(F)cc1)C(OC1CC1)c1ccc(F)c(F)c1. The standard InChI is InChI=1S/C21H20F3NO2/c22-15-6-3-13(4-7-15)20(25-11-1-2-19(25)26)21(27-16-8-9-16)14-5-10-17(23)18(24)12-14/h3-7,10,12,16,20-21H,1-2,8-9,11H2/t20-,21?/m0/s1. The van der Waals surface area contributed by atoms with Crippen LogP contribution < -0.4 is 0 Å². The van der Waals surface area contributed by atoms with E-state index in [2.05, 4.69) is 0 Å². The Labute approximate surface area is 155 Å². The van der Waals surface area contributed by atoms with Gasteiger partial charge in [0.05, 0.1) is 12.1 Å². The number of rotatable bonds is 6. The molecule has 0 N–H and O–H groups in total. The number of hydrogen-bond acceptors (Lipinski definition) is 2. The van der Waals surface area contributed by atoms with Crippen LogP contribution in [-0.2, 0) is 9.53 Å². The molecule has 1 amide bonds. The summed E-state index contributed by atoms with van der Waals surface area (Å²) in [6.45, 7) is 0.551. The summed E-state index contributed by atoms with van der Waals surface area (Å²) in [5.74, 6) is -2.28. The van der Waals surface area contributed by atoms with Crippen molar-refractivity contribution in [3.05, 3.63) is 71.0 Å². The fourth-order valence-electron chi connectivity index (χ4n) is 3.58. The third-order valence-electron chi connectivity index (χ3n) is 5.08. The van der Waals surface area contributed by atoms with Gasteiger partial charge >= 0.3 is 0 Å². The molecule has 1 aliphatic carbocycles. The molecular formula is C21H20F3NO2. The van der Waals surface area contributed by atoms with Crippen molar-refractivity contribution < 1.29 is 22.7 Å². The van der Waals surface area contributed by atoms with E-state index < -0.39 is 23.8 Å². The highest BCUT2D eigenvalue weighted by atomic mass is 19.2. The lowest BCUT2D eigenvalue weighted by Crippen LogP contribution is -2.35. The monoisotopic (exact) mass is 375 g/mol. The third kappa shape index (κ3) is 3.86. The average molecular weight is 375 g/mol. The van der Waals surface area contributed by atoms with Crippen molar-refractivity contribution in [3.63, 3.8) is 0 Å². The molecule has 0 radical (unpaired) electrons. The number of carbonyl (C=O) groups is 1. The van der Waals surface area contributed by atoms with Crippen LogP contribution in [0.1, 0.15) is 49.0 Å². The zero-order chi connectivity index (χ0) is 19.0. The molecule has 0 spiro atoms. The maximum Gasteiger partial charge on any atom is 0.223 e. The number of likely N-dealkylation sites (tertiary alicyclic amines) is 1. The number of amides is 1. The Balaban J connectivity index is 1.78. The van der Waals surface area contributed by atoms with E-state index in [1.165, 1.54) is 18.2 Å². The molecular weight excluding hydrogens is 355 g/mol. The molecule has 0 bridgehead atoms. The van der Waals surface area contributed by atoms with Gasteiger partial charge in [-0.15, -0.1) is 0 Å². The second-order valence-electron chi connectivity index (χ2n) is 7.12. The summed E-state index contributed by atoms with van der Waals surface area (Å²) in [6, 6.07) is 9.07. The van der Waals surface area contributed by atoms with E-state index in [1.54, 1.807) is 17.0 Å². The van der Waals surface area contributed by atoms with Gasteiger partial charge in [0.2, 0.25) is 5.91 Å². The average Bonchev–Trinajstić information content (AvgIpc) is 3.38. The van der Waals surface area contributed by atoms with Gasteiger partial charge in [-0.2, -0.15) is 0 Å². The van der Waals surface area contributed by atoms with E-state index in [1.807, 2.05) is 0 Å². The van der Waals surface area contributed by atoms with Gasteiger partial charge in [-0.3, -0.25) is 4.79 Å². The van der Waals surface area contributed by atoms with Crippen LogP contribution in [0.2, 0.25) is 0 Å². The highest BCUT2D eigenvalue weighted by Gasteiger charge is 2.39. The van der Waals surface area contributed by atoms with E-state index in [9.17, 15) is 18.0 Å². The van der Waals surface area contributed by atoms with Crippen LogP contribution in [0, 0.1) is 17.5 Å². The van der Waals surface area contributed by atoms with Gasteiger partial charge < -0.3 is 9.64 Å². The van der Waals surface area contributed by atoms with Gasteiger partial charge in [0.1, 0.15) is 11.9 Å². The summed E-state index contributed by atoms with van der Waals surface area (Å²) >= 11 is 0. The van der Waals surface area contributed by atoms with Gasteiger partial charge in [-0.05, 0) is 54.7 Å². The van der Waals surface area contributed by atoms with Gasteiger partial charge in [-0.1, -0.05) is 18.2 Å². The van der Waals surface area contributed by atoms with Crippen LogP contribution in [0.15, 0.2) is 42.5 Å². The predicted molar refractivity (Wildman–Crippen MR) is 93.3 cm³/mol. The summed E-state index contributed by atoms with van der Waals surface area (Å²) in [6.07, 6.45) is 2.33. The lowest BCUT2D eigenvalue weighted by molar-refractivity contribution is -0.134. The number of carbonyl (C=O) groups excluding carboxylic acids is 1. The van der Waals surface area contributed by atoms with Crippen LogP contribution in [-0.4, -0.2) is 23.5 Å². The molecule has 0 aromatic heterocycles. The fraction of sp³-hybridized carbons (Fsp3) is 0.381. The van der Waals surface area contributed by atoms with Crippen LogP contribution in [0.25, 0.3) is 0 Å². The van der Waals surface area contributed by atoms with Crippen LogP contribution in [0.3, 0.4) is 0 Å². The van der Waals surface area contributed by atoms with Gasteiger partial charge in [0.15, 0.2) is 11.6 Å². The van der Waals surface area contributed by atoms with Crippen molar-refractivity contribution in [1.29, 1.82) is 0 Å². The molecule has 1 saturated heterocycles. The Morgan fingerprint density at radius 3 is 2.26 bits per heavy atom. The molecule has 6 heteroatoms. The normalized spacial score (nSPS) is 19.4. The van der Waals surface area contributed by atoms with Crippen LogP contribution in [0.5, 0.6) is 0 Å². The Kier molecular flexibility index (Phi) is 4.91. The Hall–Kier alpha value is -2.34. The fourth-order valence-corrected chi connectivity index (χ4v) is 3.58. The summed E-state index contributed by atoms with van der Waals surface area (Å²) in [5, 5.41) is 0. The summed E-state index contributed by atoms with van der Waals surface area (Å²) in [4.78, 5) is 14.2. The van der Waals surface area contributed by atoms with Crippen molar-refractivity contribution >= 4 is 5.91 Å². The van der Waals surface area contributed by atoms with Crippen LogP contribution in [0.4, 0.5) is 13.2 Å². The summed E-state index contributed by atoms with van der Waals surface area (Å²) in [7, 11) is 0. The minimum absolute atomic E-state index is 0.0173. The molecule has 1 saturated carbocycles. The number of halogens is 3. The zero-order valence-electron chi connectivity index (χ0n) is 14.7. The minimum atomic E-state index is -0.956. The Morgan fingerprint density at radius 1 is 0.963 bits per heavy atom. The molecule has 2 aromatic rings. The molecule has 1 aliphatic heterocycles. The number of nitrogens with zero attached hydrogens (tertiary/aromatic N) is 1. The topological polar surface area (TPSA) is 29.5 Å². The van der Waals surface area contributed by atoms with Crippen molar-refractivity contribution in [2.24, 2.45) is 0 Å². The smallest absolute Gasteiger partial charge is 0.223 e. The van der Waals surface area contributed by atoms with Gasteiger partial charge in [0, 0.05) is 13.0 Å². The van der Waals surface area contributed by atoms with Gasteiger partial charge in [0.25, 0.3) is 0 Å². The molecule has 3 nitrogen and oxygen atoms in total. The maximum atomic E-state index is 13.9. The first kappa shape index (κ1) is 18.0. The summed E-state index contributed by atoms with van der Waals surface area (Å²) < 4.78 is 47.0. The zero-order valence-corrected chi connectivity index (χ0v) is 14.7. The second kappa shape index (κ2) is 7.35. The third-order valence-corrected chi connectivity index (χ3v) is 5.08. The van der Waals surface area contributed by atoms with E-state index in [0.717, 1.165) is 31.4 Å². The first-order chi connectivity index (χ1) is 13.0. The summed E-state index contributed by atoms with van der Waals surface area (Å²) in [5.41, 5.74) is 1.18. The lowest BCUT2D eigenvalue weighted by Gasteiger charge is -2.35. The predicted octanol–water partition coefficient (Wildman–Crippen LogP) is 4.69. The largest absolute Gasteiger partial charge is 0.368 e. The number of hydrogen-bond donors (Lipinski definition) is 0. The molecule has 1 unspecified atom stereocenters. The van der Waals surface area contributed by atoms with E-state index >= 15 is 0 Å². The highest BCUT2D eigenvalue weighted by molar-refractivity contribution is 5.78. The van der Waals surface area contributed by atoms with Crippen molar-refractivity contribution in [2.75, 3.05) is 6.54 Å². The molecule has 142 valence electrons. The number of benzene rings is 2. The van der Waals surface area contributed by atoms with E-state index in [4.69, 9.17) is 4.74 Å². The van der Waals surface area contributed by atoms with E-state index in [0.29, 0.717) is 24.1 Å². The van der Waals surface area contributed by atoms with Crippen molar-refractivity contribution in [1.82, 2.24) is 4.90 Å².